The molecule has 8 heteroatoms. The molecule has 1 aromatic rings. The van der Waals surface area contributed by atoms with Crippen LogP contribution >= 0.6 is 0 Å². The van der Waals surface area contributed by atoms with Crippen molar-refractivity contribution in [2.45, 2.75) is 19.9 Å². The molecule has 0 unspecified atom stereocenters. The zero-order chi connectivity index (χ0) is 14.3. The lowest BCUT2D eigenvalue weighted by Gasteiger charge is -2.17. The minimum atomic E-state index is -3.43. The van der Waals surface area contributed by atoms with Crippen LogP contribution in [0.4, 0.5) is 0 Å². The summed E-state index contributed by atoms with van der Waals surface area (Å²) in [5.74, 6) is 0. The molecule has 7 nitrogen and oxygen atoms in total. The zero-order valence-electron chi connectivity index (χ0n) is 11.8. The monoisotopic (exact) mass is 289 g/mol. The van der Waals surface area contributed by atoms with Gasteiger partial charge in [-0.1, -0.05) is 6.92 Å². The first-order chi connectivity index (χ1) is 8.95. The van der Waals surface area contributed by atoms with Crippen molar-refractivity contribution >= 4 is 10.2 Å². The van der Waals surface area contributed by atoms with Gasteiger partial charge in [0.15, 0.2) is 0 Å². The second-order valence-corrected chi connectivity index (χ2v) is 6.20. The lowest BCUT2D eigenvalue weighted by Crippen LogP contribution is -2.39. The molecule has 0 spiro atoms. The van der Waals surface area contributed by atoms with E-state index in [4.69, 9.17) is 0 Å². The molecular formula is C11H23N5O2S. The zero-order valence-corrected chi connectivity index (χ0v) is 12.6. The first-order valence-corrected chi connectivity index (χ1v) is 7.80. The van der Waals surface area contributed by atoms with Crippen molar-refractivity contribution in [2.75, 3.05) is 26.7 Å². The summed E-state index contributed by atoms with van der Waals surface area (Å²) in [5, 5.41) is 7.28. The maximum atomic E-state index is 11.9. The molecule has 19 heavy (non-hydrogen) atoms. The highest BCUT2D eigenvalue weighted by Crippen LogP contribution is 1.99. The summed E-state index contributed by atoms with van der Waals surface area (Å²) in [6, 6.07) is 1.79. The second kappa shape index (κ2) is 7.59. The maximum absolute atomic E-state index is 11.9. The van der Waals surface area contributed by atoms with Gasteiger partial charge in [0, 0.05) is 26.8 Å². The molecule has 1 aromatic heterocycles. The number of hydrogen-bond donors (Lipinski definition) is 2. The van der Waals surface area contributed by atoms with Crippen molar-refractivity contribution in [3.05, 3.63) is 18.0 Å². The first-order valence-electron chi connectivity index (χ1n) is 6.36. The predicted molar refractivity (Wildman–Crippen MR) is 74.8 cm³/mol. The van der Waals surface area contributed by atoms with Gasteiger partial charge in [0.1, 0.15) is 0 Å². The molecule has 0 atom stereocenters. The molecular weight excluding hydrogens is 266 g/mol. The summed E-state index contributed by atoms with van der Waals surface area (Å²) in [6.45, 7) is 4.44. The summed E-state index contributed by atoms with van der Waals surface area (Å²) in [4.78, 5) is 0. The fourth-order valence-electron chi connectivity index (χ4n) is 1.56. The molecule has 0 saturated carbocycles. The number of nitrogens with one attached hydrogen (secondary N) is 2. The summed E-state index contributed by atoms with van der Waals surface area (Å²) < 4.78 is 29.4. The molecule has 0 amide bonds. The Hall–Kier alpha value is -0.960. The van der Waals surface area contributed by atoms with Gasteiger partial charge < -0.3 is 5.32 Å². The maximum Gasteiger partial charge on any atom is 0.279 e. The van der Waals surface area contributed by atoms with E-state index in [9.17, 15) is 8.42 Å². The summed E-state index contributed by atoms with van der Waals surface area (Å²) >= 11 is 0. The van der Waals surface area contributed by atoms with Gasteiger partial charge in [-0.2, -0.15) is 22.5 Å². The van der Waals surface area contributed by atoms with Crippen LogP contribution in [0, 0.1) is 0 Å². The summed E-state index contributed by atoms with van der Waals surface area (Å²) in [7, 11) is -0.0575. The van der Waals surface area contributed by atoms with Crippen molar-refractivity contribution in [3.63, 3.8) is 0 Å². The Labute approximate surface area is 115 Å². The topological polar surface area (TPSA) is 79.3 Å². The Morgan fingerprint density at radius 1 is 1.47 bits per heavy atom. The molecule has 1 heterocycles. The van der Waals surface area contributed by atoms with Gasteiger partial charge in [0.2, 0.25) is 0 Å². The molecule has 0 bridgehead atoms. The molecule has 0 aliphatic carbocycles. The fourth-order valence-corrected chi connectivity index (χ4v) is 2.48. The highest BCUT2D eigenvalue weighted by atomic mass is 32.2. The van der Waals surface area contributed by atoms with Gasteiger partial charge in [-0.05, 0) is 25.6 Å². The van der Waals surface area contributed by atoms with Crippen LogP contribution in [0.5, 0.6) is 0 Å². The van der Waals surface area contributed by atoms with E-state index >= 15 is 0 Å². The number of aromatic nitrogens is 2. The molecule has 0 fully saturated rings. The van der Waals surface area contributed by atoms with Crippen LogP contribution in [-0.2, 0) is 23.8 Å². The fraction of sp³-hybridized carbons (Fsp3) is 0.727. The SMILES string of the molecule is CCNCCCN(C)S(=O)(=O)NCc1ccn(C)n1. The second-order valence-electron chi connectivity index (χ2n) is 4.34. The molecule has 0 aliphatic rings. The van der Waals surface area contributed by atoms with E-state index in [-0.39, 0.29) is 6.54 Å². The van der Waals surface area contributed by atoms with E-state index in [1.807, 2.05) is 6.92 Å². The number of rotatable bonds is 9. The number of aryl methyl sites for hydroxylation is 1. The van der Waals surface area contributed by atoms with Crippen molar-refractivity contribution in [1.82, 2.24) is 24.1 Å². The quantitative estimate of drug-likeness (QED) is 0.611. The number of hydrogen-bond acceptors (Lipinski definition) is 4. The molecule has 0 aromatic carbocycles. The predicted octanol–water partition coefficient (Wildman–Crippen LogP) is -0.314. The lowest BCUT2D eigenvalue weighted by molar-refractivity contribution is 0.445. The van der Waals surface area contributed by atoms with Crippen molar-refractivity contribution in [2.24, 2.45) is 7.05 Å². The van der Waals surface area contributed by atoms with Crippen LogP contribution in [0.1, 0.15) is 19.0 Å². The van der Waals surface area contributed by atoms with Crippen LogP contribution in [0.25, 0.3) is 0 Å². The Morgan fingerprint density at radius 2 is 2.21 bits per heavy atom. The van der Waals surface area contributed by atoms with Crippen LogP contribution in [0.2, 0.25) is 0 Å². The minimum Gasteiger partial charge on any atom is -0.317 e. The summed E-state index contributed by atoms with van der Waals surface area (Å²) in [5.41, 5.74) is 0.701. The lowest BCUT2D eigenvalue weighted by atomic mass is 10.4. The number of nitrogens with zero attached hydrogens (tertiary/aromatic N) is 3. The third kappa shape index (κ3) is 5.68. The molecule has 0 saturated heterocycles. The van der Waals surface area contributed by atoms with Crippen LogP contribution in [0.3, 0.4) is 0 Å². The van der Waals surface area contributed by atoms with E-state index in [1.54, 1.807) is 31.0 Å². The Kier molecular flexibility index (Phi) is 6.43. The highest BCUT2D eigenvalue weighted by Gasteiger charge is 2.16. The van der Waals surface area contributed by atoms with Gasteiger partial charge >= 0.3 is 0 Å². The largest absolute Gasteiger partial charge is 0.317 e. The van der Waals surface area contributed by atoms with E-state index in [0.29, 0.717) is 12.2 Å². The summed E-state index contributed by atoms with van der Waals surface area (Å²) in [6.07, 6.45) is 2.57. The molecule has 110 valence electrons. The Morgan fingerprint density at radius 3 is 2.79 bits per heavy atom. The van der Waals surface area contributed by atoms with Crippen molar-refractivity contribution < 1.29 is 8.42 Å². The van der Waals surface area contributed by atoms with Gasteiger partial charge in [-0.25, -0.2) is 0 Å². The van der Waals surface area contributed by atoms with Gasteiger partial charge in [-0.3, -0.25) is 4.68 Å². The van der Waals surface area contributed by atoms with Crippen molar-refractivity contribution in [3.8, 4) is 0 Å². The Balaban J connectivity index is 2.37. The van der Waals surface area contributed by atoms with E-state index < -0.39 is 10.2 Å². The third-order valence-corrected chi connectivity index (χ3v) is 4.20. The minimum absolute atomic E-state index is 0.209. The molecule has 0 aliphatic heterocycles. The third-order valence-electron chi connectivity index (χ3n) is 2.69. The first kappa shape index (κ1) is 16.1. The van der Waals surface area contributed by atoms with Crippen molar-refractivity contribution in [1.29, 1.82) is 0 Å². The van der Waals surface area contributed by atoms with E-state index in [2.05, 4.69) is 15.1 Å². The average Bonchev–Trinajstić information content (AvgIpc) is 2.78. The highest BCUT2D eigenvalue weighted by molar-refractivity contribution is 7.87. The van der Waals surface area contributed by atoms with Crippen LogP contribution < -0.4 is 10.0 Å². The van der Waals surface area contributed by atoms with E-state index in [1.165, 1.54) is 4.31 Å². The Bertz CT molecular complexity index is 471. The van der Waals surface area contributed by atoms with Crippen LogP contribution in [-0.4, -0.2) is 49.2 Å². The van der Waals surface area contributed by atoms with E-state index in [0.717, 1.165) is 19.5 Å². The molecule has 0 radical (unpaired) electrons. The average molecular weight is 289 g/mol. The van der Waals surface area contributed by atoms with Gasteiger partial charge in [0.25, 0.3) is 10.2 Å². The molecule has 1 rings (SSSR count). The molecule has 2 N–H and O–H groups in total. The van der Waals surface area contributed by atoms with Crippen LogP contribution in [0.15, 0.2) is 12.3 Å². The normalized spacial score (nSPS) is 12.2. The standard InChI is InChI=1S/C11H23N5O2S/c1-4-12-7-5-8-16(3)19(17,18)13-10-11-6-9-15(2)14-11/h6,9,12-13H,4-5,7-8,10H2,1-3H3. The van der Waals surface area contributed by atoms with Gasteiger partial charge in [-0.15, -0.1) is 0 Å². The smallest absolute Gasteiger partial charge is 0.279 e. The van der Waals surface area contributed by atoms with Gasteiger partial charge in [0.05, 0.1) is 12.2 Å².